The number of thiol groups is 1. The van der Waals surface area contributed by atoms with Gasteiger partial charge in [0, 0.05) is 5.75 Å². The van der Waals surface area contributed by atoms with Crippen LogP contribution in [0.15, 0.2) is 0 Å². The average Bonchev–Trinajstić information content (AvgIpc) is 2.57. The van der Waals surface area contributed by atoms with Crippen LogP contribution in [-0.4, -0.2) is 58.7 Å². The highest BCUT2D eigenvalue weighted by Crippen LogP contribution is 2.09. The average molecular weight is 376 g/mol. The molecule has 0 saturated carbocycles. The molecule has 0 aliphatic rings. The zero-order chi connectivity index (χ0) is 19.7. The first-order valence-corrected chi connectivity index (χ1v) is 8.68. The van der Waals surface area contributed by atoms with Gasteiger partial charge in [-0.2, -0.15) is 12.6 Å². The van der Waals surface area contributed by atoms with Crippen LogP contribution in [0, 0.1) is 5.92 Å². The minimum Gasteiger partial charge on any atom is -0.480 e. The molecule has 0 bridgehead atoms. The summed E-state index contributed by atoms with van der Waals surface area (Å²) in [6.45, 7) is 6.39. The summed E-state index contributed by atoms with van der Waals surface area (Å²) in [5, 5.41) is 16.1. The van der Waals surface area contributed by atoms with E-state index >= 15 is 0 Å². The Labute approximate surface area is 152 Å². The van der Waals surface area contributed by atoms with Gasteiger partial charge in [0.1, 0.15) is 18.1 Å². The molecule has 3 amide bonds. The highest BCUT2D eigenvalue weighted by molar-refractivity contribution is 7.80. The topological polar surface area (TPSA) is 151 Å². The largest absolute Gasteiger partial charge is 0.480 e. The molecule has 6 N–H and O–H groups in total. The number of carbonyl (C=O) groups excluding carboxylic acids is 3. The smallest absolute Gasteiger partial charge is 0.325 e. The van der Waals surface area contributed by atoms with E-state index in [-0.39, 0.29) is 11.7 Å². The Balaban J connectivity index is 4.93. The Morgan fingerprint density at radius 1 is 0.960 bits per heavy atom. The van der Waals surface area contributed by atoms with Crippen molar-refractivity contribution in [2.45, 2.75) is 58.3 Å². The number of carboxylic acid groups (broad SMARTS) is 1. The van der Waals surface area contributed by atoms with Crippen molar-refractivity contribution in [3.63, 3.8) is 0 Å². The maximum absolute atomic E-state index is 12.4. The van der Waals surface area contributed by atoms with E-state index in [1.807, 2.05) is 6.92 Å². The molecule has 5 atom stereocenters. The van der Waals surface area contributed by atoms with Gasteiger partial charge >= 0.3 is 5.97 Å². The molecule has 0 aliphatic carbocycles. The molecule has 0 spiro atoms. The van der Waals surface area contributed by atoms with Crippen LogP contribution in [0.2, 0.25) is 0 Å². The Morgan fingerprint density at radius 3 is 1.92 bits per heavy atom. The monoisotopic (exact) mass is 376 g/mol. The Bertz CT molecular complexity index is 502. The van der Waals surface area contributed by atoms with E-state index in [4.69, 9.17) is 10.8 Å². The molecule has 0 aromatic rings. The molecular formula is C15H28N4O5S. The van der Waals surface area contributed by atoms with E-state index in [9.17, 15) is 19.2 Å². The number of hydrogen-bond donors (Lipinski definition) is 6. The summed E-state index contributed by atoms with van der Waals surface area (Å²) in [5.41, 5.74) is 5.60. The van der Waals surface area contributed by atoms with Crippen LogP contribution < -0.4 is 21.7 Å². The zero-order valence-electron chi connectivity index (χ0n) is 14.9. The van der Waals surface area contributed by atoms with Gasteiger partial charge in [-0.25, -0.2) is 0 Å². The quantitative estimate of drug-likeness (QED) is 0.266. The Hall–Kier alpha value is -1.81. The first kappa shape index (κ1) is 23.2. The van der Waals surface area contributed by atoms with Crippen LogP contribution in [0.1, 0.15) is 34.1 Å². The third-order valence-corrected chi connectivity index (χ3v) is 4.20. The lowest BCUT2D eigenvalue weighted by Crippen LogP contribution is -2.58. The van der Waals surface area contributed by atoms with E-state index in [0.717, 1.165) is 0 Å². The number of nitrogens with two attached hydrogens (primary N) is 1. The summed E-state index contributed by atoms with van der Waals surface area (Å²) in [4.78, 5) is 47.1. The molecule has 0 rings (SSSR count). The highest BCUT2D eigenvalue weighted by Gasteiger charge is 2.30. The van der Waals surface area contributed by atoms with Gasteiger partial charge in [0.2, 0.25) is 17.7 Å². The van der Waals surface area contributed by atoms with Crippen LogP contribution in [0.5, 0.6) is 0 Å². The number of nitrogens with one attached hydrogen (secondary N) is 3. The van der Waals surface area contributed by atoms with Crippen molar-refractivity contribution in [1.82, 2.24) is 16.0 Å². The number of rotatable bonds is 10. The molecule has 0 aromatic heterocycles. The molecule has 10 heteroatoms. The SMILES string of the molecule is CCC(C)C(NC(=O)C(N)CS)C(=O)NC(C)C(=O)NC(C)C(=O)O. The minimum atomic E-state index is -1.18. The predicted molar refractivity (Wildman–Crippen MR) is 96.1 cm³/mol. The fourth-order valence-corrected chi connectivity index (χ4v) is 1.98. The third kappa shape index (κ3) is 7.74. The van der Waals surface area contributed by atoms with Crippen molar-refractivity contribution >= 4 is 36.3 Å². The number of carboxylic acids is 1. The summed E-state index contributed by atoms with van der Waals surface area (Å²) >= 11 is 3.95. The first-order chi connectivity index (χ1) is 11.5. The maximum atomic E-state index is 12.4. The molecule has 0 heterocycles. The van der Waals surface area contributed by atoms with Crippen LogP contribution in [-0.2, 0) is 19.2 Å². The van der Waals surface area contributed by atoms with Gasteiger partial charge in [-0.05, 0) is 19.8 Å². The lowest BCUT2D eigenvalue weighted by molar-refractivity contribution is -0.141. The lowest BCUT2D eigenvalue weighted by Gasteiger charge is -2.26. The second kappa shape index (κ2) is 10.9. The van der Waals surface area contributed by atoms with Gasteiger partial charge in [-0.3, -0.25) is 19.2 Å². The summed E-state index contributed by atoms with van der Waals surface area (Å²) in [6, 6.07) is -3.75. The molecule has 0 saturated heterocycles. The number of aliphatic carboxylic acids is 1. The van der Waals surface area contributed by atoms with E-state index in [2.05, 4.69) is 28.6 Å². The van der Waals surface area contributed by atoms with Crippen LogP contribution in [0.25, 0.3) is 0 Å². The van der Waals surface area contributed by atoms with Crippen LogP contribution >= 0.6 is 12.6 Å². The molecule has 0 radical (unpaired) electrons. The summed E-state index contributed by atoms with van der Waals surface area (Å²) in [5.74, 6) is -2.93. The van der Waals surface area contributed by atoms with E-state index in [0.29, 0.717) is 6.42 Å². The number of amides is 3. The molecule has 5 unspecified atom stereocenters. The fraction of sp³-hybridized carbons (Fsp3) is 0.733. The molecular weight excluding hydrogens is 348 g/mol. The Kier molecular flexibility index (Phi) is 10.1. The van der Waals surface area contributed by atoms with E-state index < -0.39 is 47.9 Å². The molecule has 9 nitrogen and oxygen atoms in total. The lowest BCUT2D eigenvalue weighted by atomic mass is 9.97. The van der Waals surface area contributed by atoms with Crippen LogP contribution in [0.3, 0.4) is 0 Å². The molecule has 25 heavy (non-hydrogen) atoms. The van der Waals surface area contributed by atoms with Crippen molar-refractivity contribution in [3.8, 4) is 0 Å². The summed E-state index contributed by atoms with van der Waals surface area (Å²) < 4.78 is 0. The van der Waals surface area contributed by atoms with Gasteiger partial charge in [0.15, 0.2) is 0 Å². The Morgan fingerprint density at radius 2 is 1.48 bits per heavy atom. The first-order valence-electron chi connectivity index (χ1n) is 8.05. The second-order valence-electron chi connectivity index (χ2n) is 5.96. The van der Waals surface area contributed by atoms with Gasteiger partial charge in [0.25, 0.3) is 0 Å². The summed E-state index contributed by atoms with van der Waals surface area (Å²) in [6.07, 6.45) is 0.616. The van der Waals surface area contributed by atoms with Crippen molar-refractivity contribution in [1.29, 1.82) is 0 Å². The van der Waals surface area contributed by atoms with Crippen LogP contribution in [0.4, 0.5) is 0 Å². The van der Waals surface area contributed by atoms with Gasteiger partial charge in [0.05, 0.1) is 6.04 Å². The normalized spacial score (nSPS) is 16.7. The van der Waals surface area contributed by atoms with E-state index in [1.54, 1.807) is 6.92 Å². The molecule has 144 valence electrons. The fourth-order valence-electron chi connectivity index (χ4n) is 1.81. The summed E-state index contributed by atoms with van der Waals surface area (Å²) in [7, 11) is 0. The maximum Gasteiger partial charge on any atom is 0.325 e. The highest BCUT2D eigenvalue weighted by atomic mass is 32.1. The molecule has 0 aliphatic heterocycles. The standard InChI is InChI=1S/C15H28N4O5S/c1-5-7(2)11(19-13(21)10(16)6-25)14(22)17-8(3)12(20)18-9(4)15(23)24/h7-11,25H,5-6,16H2,1-4H3,(H,17,22)(H,18,20)(H,19,21)(H,23,24). The van der Waals surface area contributed by atoms with E-state index in [1.165, 1.54) is 13.8 Å². The van der Waals surface area contributed by atoms with Gasteiger partial charge in [-0.1, -0.05) is 20.3 Å². The second-order valence-corrected chi connectivity index (χ2v) is 6.32. The van der Waals surface area contributed by atoms with Crippen molar-refractivity contribution in [2.24, 2.45) is 11.7 Å². The third-order valence-electron chi connectivity index (χ3n) is 3.81. The predicted octanol–water partition coefficient (Wildman–Crippen LogP) is -1.13. The van der Waals surface area contributed by atoms with Crippen molar-refractivity contribution in [2.75, 3.05) is 5.75 Å². The van der Waals surface area contributed by atoms with Gasteiger partial charge in [-0.15, -0.1) is 0 Å². The zero-order valence-corrected chi connectivity index (χ0v) is 15.8. The number of hydrogen-bond acceptors (Lipinski definition) is 6. The minimum absolute atomic E-state index is 0.132. The number of carbonyl (C=O) groups is 4. The molecule has 0 fully saturated rings. The molecule has 0 aromatic carbocycles. The van der Waals surface area contributed by atoms with Crippen molar-refractivity contribution < 1.29 is 24.3 Å². The van der Waals surface area contributed by atoms with Crippen molar-refractivity contribution in [3.05, 3.63) is 0 Å². The van der Waals surface area contributed by atoms with Gasteiger partial charge < -0.3 is 26.8 Å².